The van der Waals surface area contributed by atoms with Crippen molar-refractivity contribution in [3.05, 3.63) is 0 Å². The highest BCUT2D eigenvalue weighted by atomic mass is 16.4. The molecule has 21 heavy (non-hydrogen) atoms. The van der Waals surface area contributed by atoms with Crippen LogP contribution in [0.2, 0.25) is 0 Å². The van der Waals surface area contributed by atoms with E-state index in [0.717, 1.165) is 19.3 Å². The number of nitrogens with zero attached hydrogens (tertiary/aromatic N) is 1. The van der Waals surface area contributed by atoms with Crippen molar-refractivity contribution in [3.63, 3.8) is 0 Å². The number of carbonyl (C=O) groups is 3. The number of piperidine rings is 1. The van der Waals surface area contributed by atoms with Gasteiger partial charge in [-0.1, -0.05) is 6.42 Å². The molecule has 1 saturated heterocycles. The van der Waals surface area contributed by atoms with E-state index in [1.807, 2.05) is 0 Å². The predicted molar refractivity (Wildman–Crippen MR) is 76.5 cm³/mol. The quantitative estimate of drug-likeness (QED) is 0.792. The Morgan fingerprint density at radius 1 is 1.24 bits per heavy atom. The van der Waals surface area contributed by atoms with E-state index in [9.17, 15) is 14.4 Å². The molecular formula is C15H24N2O4. The number of nitrogens with one attached hydrogen (secondary N) is 1. The molecule has 0 aromatic rings. The Kier molecular flexibility index (Phi) is 4.85. The van der Waals surface area contributed by atoms with Crippen LogP contribution in [0.25, 0.3) is 0 Å². The molecule has 2 amide bonds. The lowest BCUT2D eigenvalue weighted by Gasteiger charge is -2.41. The molecule has 1 aliphatic heterocycles. The summed E-state index contributed by atoms with van der Waals surface area (Å²) >= 11 is 0. The van der Waals surface area contributed by atoms with E-state index in [1.165, 1.54) is 0 Å². The third-order valence-electron chi connectivity index (χ3n) is 4.89. The van der Waals surface area contributed by atoms with Gasteiger partial charge in [-0.05, 0) is 31.1 Å². The molecular weight excluding hydrogens is 272 g/mol. The summed E-state index contributed by atoms with van der Waals surface area (Å²) in [6, 6.07) is 0. The second-order valence-corrected chi connectivity index (χ2v) is 6.42. The fourth-order valence-electron chi connectivity index (χ4n) is 3.29. The lowest BCUT2D eigenvalue weighted by molar-refractivity contribution is -0.142. The number of hydrogen-bond donors (Lipinski definition) is 2. The number of amides is 2. The van der Waals surface area contributed by atoms with Crippen LogP contribution in [-0.2, 0) is 14.4 Å². The van der Waals surface area contributed by atoms with Gasteiger partial charge in [0.1, 0.15) is 0 Å². The first kappa shape index (κ1) is 15.8. The van der Waals surface area contributed by atoms with Gasteiger partial charge in [-0.15, -0.1) is 0 Å². The van der Waals surface area contributed by atoms with Gasteiger partial charge in [-0.2, -0.15) is 0 Å². The van der Waals surface area contributed by atoms with Gasteiger partial charge in [0.15, 0.2) is 0 Å². The minimum atomic E-state index is -0.793. The van der Waals surface area contributed by atoms with Gasteiger partial charge in [0, 0.05) is 32.5 Å². The standard InChI is InChI=1S/C15H24N2O4/c1-11(18)17-7-3-12(4-8-17)14(21)16-10-15(5-2-6-15)9-13(19)20/h12H,2-10H2,1H3,(H,16,21)(H,19,20). The molecule has 118 valence electrons. The molecule has 0 spiro atoms. The molecule has 0 aromatic heterocycles. The maximum Gasteiger partial charge on any atom is 0.303 e. The van der Waals surface area contributed by atoms with Gasteiger partial charge in [-0.3, -0.25) is 14.4 Å². The molecule has 0 bridgehead atoms. The van der Waals surface area contributed by atoms with Crippen LogP contribution < -0.4 is 5.32 Å². The largest absolute Gasteiger partial charge is 0.481 e. The highest BCUT2D eigenvalue weighted by Crippen LogP contribution is 2.43. The van der Waals surface area contributed by atoms with Gasteiger partial charge in [-0.25, -0.2) is 0 Å². The first-order chi connectivity index (χ1) is 9.92. The number of rotatable bonds is 5. The summed E-state index contributed by atoms with van der Waals surface area (Å²) in [5.74, 6) is -0.778. The van der Waals surface area contributed by atoms with Crippen LogP contribution in [0.15, 0.2) is 0 Å². The Morgan fingerprint density at radius 2 is 1.86 bits per heavy atom. The van der Waals surface area contributed by atoms with Crippen LogP contribution in [0.4, 0.5) is 0 Å². The minimum Gasteiger partial charge on any atom is -0.481 e. The lowest BCUT2D eigenvalue weighted by Crippen LogP contribution is -2.47. The molecule has 1 heterocycles. The maximum absolute atomic E-state index is 12.2. The van der Waals surface area contributed by atoms with Crippen molar-refractivity contribution in [2.24, 2.45) is 11.3 Å². The highest BCUT2D eigenvalue weighted by Gasteiger charge is 2.39. The van der Waals surface area contributed by atoms with Crippen molar-refractivity contribution >= 4 is 17.8 Å². The SMILES string of the molecule is CC(=O)N1CCC(C(=O)NCC2(CC(=O)O)CCC2)CC1. The van der Waals surface area contributed by atoms with Crippen LogP contribution in [0.1, 0.15) is 45.4 Å². The summed E-state index contributed by atoms with van der Waals surface area (Å²) in [4.78, 5) is 36.1. The van der Waals surface area contributed by atoms with Gasteiger partial charge in [0.05, 0.1) is 6.42 Å². The number of aliphatic carboxylic acids is 1. The fraction of sp³-hybridized carbons (Fsp3) is 0.800. The monoisotopic (exact) mass is 296 g/mol. The third kappa shape index (κ3) is 3.95. The van der Waals surface area contributed by atoms with E-state index in [2.05, 4.69) is 5.32 Å². The molecule has 0 unspecified atom stereocenters. The molecule has 0 aromatic carbocycles. The topological polar surface area (TPSA) is 86.7 Å². The Labute approximate surface area is 124 Å². The molecule has 1 saturated carbocycles. The molecule has 2 N–H and O–H groups in total. The summed E-state index contributed by atoms with van der Waals surface area (Å²) in [5.41, 5.74) is -0.235. The second-order valence-electron chi connectivity index (χ2n) is 6.42. The molecule has 2 rings (SSSR count). The number of likely N-dealkylation sites (tertiary alicyclic amines) is 1. The molecule has 6 heteroatoms. The smallest absolute Gasteiger partial charge is 0.303 e. The van der Waals surface area contributed by atoms with E-state index in [0.29, 0.717) is 32.5 Å². The average Bonchev–Trinajstić information content (AvgIpc) is 2.41. The molecule has 2 fully saturated rings. The third-order valence-corrected chi connectivity index (χ3v) is 4.89. The van der Waals surface area contributed by atoms with Gasteiger partial charge >= 0.3 is 5.97 Å². The van der Waals surface area contributed by atoms with Gasteiger partial charge in [0.2, 0.25) is 11.8 Å². The van der Waals surface area contributed by atoms with E-state index < -0.39 is 5.97 Å². The number of carboxylic acids is 1. The maximum atomic E-state index is 12.2. The number of hydrogen-bond acceptors (Lipinski definition) is 3. The first-order valence-electron chi connectivity index (χ1n) is 7.67. The second kappa shape index (κ2) is 6.45. The van der Waals surface area contributed by atoms with Crippen molar-refractivity contribution in [2.75, 3.05) is 19.6 Å². The molecule has 6 nitrogen and oxygen atoms in total. The lowest BCUT2D eigenvalue weighted by atomic mass is 9.66. The van der Waals surface area contributed by atoms with Crippen LogP contribution in [-0.4, -0.2) is 47.4 Å². The van der Waals surface area contributed by atoms with Crippen LogP contribution in [0.3, 0.4) is 0 Å². The van der Waals surface area contributed by atoms with Crippen LogP contribution >= 0.6 is 0 Å². The zero-order valence-electron chi connectivity index (χ0n) is 12.6. The number of carboxylic acid groups (broad SMARTS) is 1. The average molecular weight is 296 g/mol. The Bertz CT molecular complexity index is 423. The summed E-state index contributed by atoms with van der Waals surface area (Å²) in [6.45, 7) is 3.28. The minimum absolute atomic E-state index is 0.00914. The summed E-state index contributed by atoms with van der Waals surface area (Å²) < 4.78 is 0. The van der Waals surface area contributed by atoms with Gasteiger partial charge < -0.3 is 15.3 Å². The van der Waals surface area contributed by atoms with E-state index >= 15 is 0 Å². The van der Waals surface area contributed by atoms with Crippen LogP contribution in [0.5, 0.6) is 0 Å². The van der Waals surface area contributed by atoms with E-state index in [-0.39, 0.29) is 29.6 Å². The molecule has 0 atom stereocenters. The van der Waals surface area contributed by atoms with Crippen LogP contribution in [0, 0.1) is 11.3 Å². The molecule has 0 radical (unpaired) electrons. The van der Waals surface area contributed by atoms with Gasteiger partial charge in [0.25, 0.3) is 0 Å². The van der Waals surface area contributed by atoms with E-state index in [4.69, 9.17) is 5.11 Å². The van der Waals surface area contributed by atoms with Crippen molar-refractivity contribution in [3.8, 4) is 0 Å². The van der Waals surface area contributed by atoms with Crippen molar-refractivity contribution in [1.82, 2.24) is 10.2 Å². The van der Waals surface area contributed by atoms with Crippen molar-refractivity contribution in [1.29, 1.82) is 0 Å². The summed E-state index contributed by atoms with van der Waals surface area (Å²) in [6.07, 6.45) is 4.32. The Morgan fingerprint density at radius 3 is 2.29 bits per heavy atom. The zero-order valence-corrected chi connectivity index (χ0v) is 12.6. The Hall–Kier alpha value is -1.59. The summed E-state index contributed by atoms with van der Waals surface area (Å²) in [5, 5.41) is 11.9. The molecule has 1 aliphatic carbocycles. The van der Waals surface area contributed by atoms with Crippen molar-refractivity contribution < 1.29 is 19.5 Å². The Balaban J connectivity index is 1.77. The van der Waals surface area contributed by atoms with E-state index in [1.54, 1.807) is 11.8 Å². The molecule has 2 aliphatic rings. The first-order valence-corrected chi connectivity index (χ1v) is 7.67. The summed E-state index contributed by atoms with van der Waals surface area (Å²) in [7, 11) is 0. The fourth-order valence-corrected chi connectivity index (χ4v) is 3.29. The normalized spacial score (nSPS) is 21.5. The highest BCUT2D eigenvalue weighted by molar-refractivity contribution is 5.79. The predicted octanol–water partition coefficient (Wildman–Crippen LogP) is 1.01. The number of carbonyl (C=O) groups excluding carboxylic acids is 2. The zero-order chi connectivity index (χ0) is 15.5. The van der Waals surface area contributed by atoms with Crippen molar-refractivity contribution in [2.45, 2.75) is 45.4 Å².